The number of carbonyl (C=O) groups is 1. The second kappa shape index (κ2) is 5.71. The van der Waals surface area contributed by atoms with Gasteiger partial charge in [-0.2, -0.15) is 0 Å². The number of likely N-dealkylation sites (N-methyl/N-ethyl adjacent to an activating group) is 1. The second-order valence-electron chi connectivity index (χ2n) is 5.58. The summed E-state index contributed by atoms with van der Waals surface area (Å²) in [5.41, 5.74) is 7.90. The molecule has 0 radical (unpaired) electrons. The molecule has 1 aromatic carbocycles. The average molecular weight is 277 g/mol. The van der Waals surface area contributed by atoms with Crippen LogP contribution in [-0.2, 0) is 4.74 Å². The summed E-state index contributed by atoms with van der Waals surface area (Å²) in [7, 11) is 5.57. The lowest BCUT2D eigenvalue weighted by Gasteiger charge is -2.47. The smallest absolute Gasteiger partial charge is 0.340 e. The molecule has 0 unspecified atom stereocenters. The summed E-state index contributed by atoms with van der Waals surface area (Å²) < 4.78 is 4.73. The summed E-state index contributed by atoms with van der Waals surface area (Å²) in [6, 6.07) is 5.38. The fourth-order valence-electron chi connectivity index (χ4n) is 2.63. The number of nitrogens with zero attached hydrogens (tertiary/aromatic N) is 1. The average Bonchev–Trinajstić information content (AvgIpc) is 2.38. The van der Waals surface area contributed by atoms with Gasteiger partial charge < -0.3 is 20.7 Å². The highest BCUT2D eigenvalue weighted by Crippen LogP contribution is 2.36. The molecule has 5 heteroatoms. The first-order valence-corrected chi connectivity index (χ1v) is 6.88. The predicted molar refractivity (Wildman–Crippen MR) is 81.0 cm³/mol. The number of nitrogen functional groups attached to an aromatic ring is 1. The molecular formula is C15H23N3O2. The van der Waals surface area contributed by atoms with Crippen molar-refractivity contribution in [3.63, 3.8) is 0 Å². The lowest BCUT2D eigenvalue weighted by atomic mass is 9.75. The summed E-state index contributed by atoms with van der Waals surface area (Å²) in [6.07, 6.45) is 3.63. The van der Waals surface area contributed by atoms with Crippen molar-refractivity contribution in [2.75, 3.05) is 38.8 Å². The minimum absolute atomic E-state index is 0.202. The van der Waals surface area contributed by atoms with Crippen LogP contribution < -0.4 is 11.1 Å². The number of anilines is 2. The molecule has 1 fully saturated rings. The van der Waals surface area contributed by atoms with Crippen molar-refractivity contribution in [3.8, 4) is 0 Å². The van der Waals surface area contributed by atoms with E-state index >= 15 is 0 Å². The quantitative estimate of drug-likeness (QED) is 0.636. The molecule has 0 aromatic heterocycles. The van der Waals surface area contributed by atoms with Crippen molar-refractivity contribution in [2.45, 2.75) is 24.8 Å². The van der Waals surface area contributed by atoms with Gasteiger partial charge in [0.25, 0.3) is 0 Å². The summed E-state index contributed by atoms with van der Waals surface area (Å²) in [5, 5.41) is 3.38. The zero-order valence-corrected chi connectivity index (χ0v) is 12.4. The van der Waals surface area contributed by atoms with Crippen LogP contribution in [0.3, 0.4) is 0 Å². The maximum Gasteiger partial charge on any atom is 0.340 e. The number of esters is 1. The molecule has 0 heterocycles. The topological polar surface area (TPSA) is 67.6 Å². The monoisotopic (exact) mass is 277 g/mol. The van der Waals surface area contributed by atoms with Gasteiger partial charge in [0.05, 0.1) is 24.0 Å². The number of ether oxygens (including phenoxy) is 1. The van der Waals surface area contributed by atoms with Gasteiger partial charge in [0, 0.05) is 12.1 Å². The predicted octanol–water partition coefficient (Wildman–Crippen LogP) is 1.95. The number of methoxy groups -OCH3 is 1. The maximum absolute atomic E-state index is 11.6. The first-order valence-electron chi connectivity index (χ1n) is 6.88. The van der Waals surface area contributed by atoms with Crippen LogP contribution in [0.15, 0.2) is 18.2 Å². The minimum Gasteiger partial charge on any atom is -0.465 e. The van der Waals surface area contributed by atoms with E-state index in [1.54, 1.807) is 6.07 Å². The first-order chi connectivity index (χ1) is 9.50. The van der Waals surface area contributed by atoms with Crippen LogP contribution in [0.2, 0.25) is 0 Å². The highest BCUT2D eigenvalue weighted by atomic mass is 16.5. The third kappa shape index (κ3) is 2.58. The van der Waals surface area contributed by atoms with Gasteiger partial charge in [-0.15, -0.1) is 0 Å². The molecule has 5 nitrogen and oxygen atoms in total. The van der Waals surface area contributed by atoms with Crippen LogP contribution in [-0.4, -0.2) is 44.2 Å². The van der Waals surface area contributed by atoms with Crippen LogP contribution in [0, 0.1) is 0 Å². The Labute approximate surface area is 120 Å². The van der Waals surface area contributed by atoms with Crippen LogP contribution >= 0.6 is 0 Å². The Balaban J connectivity index is 2.12. The van der Waals surface area contributed by atoms with Gasteiger partial charge >= 0.3 is 5.97 Å². The fourth-order valence-corrected chi connectivity index (χ4v) is 2.63. The molecule has 0 spiro atoms. The summed E-state index contributed by atoms with van der Waals surface area (Å²) in [4.78, 5) is 13.9. The first kappa shape index (κ1) is 14.7. The highest BCUT2D eigenvalue weighted by molar-refractivity contribution is 5.98. The second-order valence-corrected chi connectivity index (χ2v) is 5.58. The molecule has 0 atom stereocenters. The van der Waals surface area contributed by atoms with Crippen LogP contribution in [0.4, 0.5) is 11.4 Å². The van der Waals surface area contributed by atoms with E-state index < -0.39 is 5.97 Å². The number of hydrogen-bond acceptors (Lipinski definition) is 5. The number of nitrogens with two attached hydrogens (primary N) is 1. The van der Waals surface area contributed by atoms with Gasteiger partial charge in [0.15, 0.2) is 0 Å². The summed E-state index contributed by atoms with van der Waals surface area (Å²) in [5.74, 6) is -0.405. The molecule has 1 aliphatic rings. The molecule has 2 rings (SSSR count). The molecule has 3 N–H and O–H groups in total. The molecule has 0 bridgehead atoms. The van der Waals surface area contributed by atoms with Gasteiger partial charge in [0.2, 0.25) is 0 Å². The molecule has 110 valence electrons. The zero-order valence-electron chi connectivity index (χ0n) is 12.4. The molecule has 0 aliphatic heterocycles. The highest BCUT2D eigenvalue weighted by Gasteiger charge is 2.38. The van der Waals surface area contributed by atoms with Crippen molar-refractivity contribution >= 4 is 17.3 Å². The number of rotatable bonds is 5. The number of hydrogen-bond donors (Lipinski definition) is 2. The van der Waals surface area contributed by atoms with E-state index in [0.717, 1.165) is 12.2 Å². The van der Waals surface area contributed by atoms with E-state index in [1.165, 1.54) is 26.4 Å². The Morgan fingerprint density at radius 1 is 1.45 bits per heavy atom. The van der Waals surface area contributed by atoms with E-state index in [4.69, 9.17) is 10.5 Å². The fraction of sp³-hybridized carbons (Fsp3) is 0.533. The van der Waals surface area contributed by atoms with E-state index in [-0.39, 0.29) is 5.54 Å². The SMILES string of the molecule is COC(=O)c1cccc(NCC2(N(C)C)CCC2)c1N. The van der Waals surface area contributed by atoms with E-state index in [1.807, 2.05) is 12.1 Å². The summed E-state index contributed by atoms with van der Waals surface area (Å²) in [6.45, 7) is 0.828. The normalized spacial score (nSPS) is 16.6. The van der Waals surface area contributed by atoms with Gasteiger partial charge in [0.1, 0.15) is 0 Å². The van der Waals surface area contributed by atoms with Gasteiger partial charge in [-0.25, -0.2) is 4.79 Å². The van der Waals surface area contributed by atoms with E-state index in [9.17, 15) is 4.79 Å². The molecule has 0 amide bonds. The standard InChI is InChI=1S/C15H23N3O2/c1-18(2)15(8-5-9-15)10-17-12-7-4-6-11(13(12)16)14(19)20-3/h4,6-7,17H,5,8-10,16H2,1-3H3. The molecule has 1 aliphatic carbocycles. The molecule has 1 saturated carbocycles. The van der Waals surface area contributed by atoms with Crippen molar-refractivity contribution in [1.82, 2.24) is 4.90 Å². The van der Waals surface area contributed by atoms with Gasteiger partial charge in [-0.1, -0.05) is 6.07 Å². The number of nitrogens with one attached hydrogen (secondary N) is 1. The number of benzene rings is 1. The van der Waals surface area contributed by atoms with Crippen molar-refractivity contribution in [3.05, 3.63) is 23.8 Å². The summed E-state index contributed by atoms with van der Waals surface area (Å²) >= 11 is 0. The van der Waals surface area contributed by atoms with Crippen molar-refractivity contribution < 1.29 is 9.53 Å². The van der Waals surface area contributed by atoms with E-state index in [0.29, 0.717) is 11.3 Å². The largest absolute Gasteiger partial charge is 0.465 e. The Morgan fingerprint density at radius 2 is 2.15 bits per heavy atom. The Bertz CT molecular complexity index is 496. The van der Waals surface area contributed by atoms with Gasteiger partial charge in [-0.3, -0.25) is 0 Å². The molecular weight excluding hydrogens is 254 g/mol. The molecule has 0 saturated heterocycles. The van der Waals surface area contributed by atoms with Crippen molar-refractivity contribution in [2.24, 2.45) is 0 Å². The van der Waals surface area contributed by atoms with Crippen molar-refractivity contribution in [1.29, 1.82) is 0 Å². The molecule has 20 heavy (non-hydrogen) atoms. The van der Waals surface area contributed by atoms with Crippen LogP contribution in [0.1, 0.15) is 29.6 Å². The molecule has 1 aromatic rings. The zero-order chi connectivity index (χ0) is 14.8. The lowest BCUT2D eigenvalue weighted by molar-refractivity contribution is 0.0602. The van der Waals surface area contributed by atoms with Crippen LogP contribution in [0.25, 0.3) is 0 Å². The maximum atomic E-state index is 11.6. The van der Waals surface area contributed by atoms with Crippen LogP contribution in [0.5, 0.6) is 0 Å². The Kier molecular flexibility index (Phi) is 4.18. The minimum atomic E-state index is -0.405. The lowest BCUT2D eigenvalue weighted by Crippen LogP contribution is -2.54. The number of carbonyl (C=O) groups excluding carboxylic acids is 1. The van der Waals surface area contributed by atoms with Gasteiger partial charge in [-0.05, 0) is 45.5 Å². The Morgan fingerprint density at radius 3 is 2.65 bits per heavy atom. The third-order valence-corrected chi connectivity index (χ3v) is 4.35. The Hall–Kier alpha value is -1.75. The third-order valence-electron chi connectivity index (χ3n) is 4.35. The van der Waals surface area contributed by atoms with E-state index in [2.05, 4.69) is 24.3 Å². The number of para-hydroxylation sites is 1.